The number of aryl methyl sites for hydroxylation is 1. The second-order valence-corrected chi connectivity index (χ2v) is 3.46. The smallest absolute Gasteiger partial charge is 0.326 e. The maximum Gasteiger partial charge on any atom is 0.326 e. The molecule has 0 saturated heterocycles. The Morgan fingerprint density at radius 3 is 2.62 bits per heavy atom. The van der Waals surface area contributed by atoms with Crippen LogP contribution in [0.4, 0.5) is 0 Å². The van der Waals surface area contributed by atoms with Gasteiger partial charge in [-0.3, -0.25) is 14.3 Å². The third-order valence-corrected chi connectivity index (χ3v) is 2.11. The van der Waals surface area contributed by atoms with Crippen molar-refractivity contribution in [2.24, 2.45) is 7.05 Å². The zero-order valence-electron chi connectivity index (χ0n) is 8.98. The molecule has 1 heterocycles. The van der Waals surface area contributed by atoms with E-state index in [1.54, 1.807) is 0 Å². The van der Waals surface area contributed by atoms with Crippen molar-refractivity contribution in [1.82, 2.24) is 15.1 Å². The van der Waals surface area contributed by atoms with Crippen molar-refractivity contribution in [3.05, 3.63) is 22.1 Å². The monoisotopic (exact) mass is 227 g/mol. The first kappa shape index (κ1) is 12.0. The predicted molar refractivity (Wildman–Crippen MR) is 55.0 cm³/mol. The predicted octanol–water partition coefficient (Wildman–Crippen LogP) is -1.15. The molecule has 0 radical (unpaired) electrons. The minimum atomic E-state index is -1.17. The molecule has 1 aromatic rings. The zero-order chi connectivity index (χ0) is 12.3. The van der Waals surface area contributed by atoms with Gasteiger partial charge in [-0.2, -0.15) is 0 Å². The van der Waals surface area contributed by atoms with E-state index in [-0.39, 0.29) is 12.0 Å². The Kier molecular flexibility index (Phi) is 3.49. The third-order valence-electron chi connectivity index (χ3n) is 2.11. The van der Waals surface area contributed by atoms with Crippen molar-refractivity contribution in [2.75, 3.05) is 0 Å². The Morgan fingerprint density at radius 1 is 1.62 bits per heavy atom. The molecule has 0 aliphatic rings. The molecule has 88 valence electrons. The highest BCUT2D eigenvalue weighted by atomic mass is 16.4. The van der Waals surface area contributed by atoms with Gasteiger partial charge in [0.25, 0.3) is 5.56 Å². The van der Waals surface area contributed by atoms with E-state index in [1.165, 1.54) is 24.9 Å². The van der Waals surface area contributed by atoms with Crippen molar-refractivity contribution >= 4 is 11.9 Å². The van der Waals surface area contributed by atoms with Crippen LogP contribution in [-0.4, -0.2) is 32.8 Å². The van der Waals surface area contributed by atoms with Crippen molar-refractivity contribution in [2.45, 2.75) is 19.4 Å². The molecule has 0 aliphatic heterocycles. The Bertz CT molecular complexity index is 460. The number of aliphatic carboxylic acids is 1. The van der Waals surface area contributed by atoms with Crippen molar-refractivity contribution < 1.29 is 14.7 Å². The number of amides is 1. The molecule has 1 rings (SSSR count). The normalized spacial score (nSPS) is 12.1. The molecule has 0 fully saturated rings. The van der Waals surface area contributed by atoms with Gasteiger partial charge in [0.2, 0.25) is 5.91 Å². The molecule has 0 spiro atoms. The Hall–Kier alpha value is -2.05. The minimum Gasteiger partial charge on any atom is -0.480 e. The summed E-state index contributed by atoms with van der Waals surface area (Å²) in [5.41, 5.74) is 0.0280. The average Bonchev–Trinajstić information content (AvgIpc) is 2.47. The number of carboxylic acids is 1. The van der Waals surface area contributed by atoms with Crippen molar-refractivity contribution in [1.29, 1.82) is 0 Å². The van der Waals surface area contributed by atoms with Gasteiger partial charge in [-0.15, -0.1) is 0 Å². The number of aromatic nitrogens is 2. The number of hydrogen-bond acceptors (Lipinski definition) is 3. The fourth-order valence-corrected chi connectivity index (χ4v) is 1.32. The molecule has 16 heavy (non-hydrogen) atoms. The zero-order valence-corrected chi connectivity index (χ0v) is 8.98. The van der Waals surface area contributed by atoms with Crippen LogP contribution in [0.25, 0.3) is 0 Å². The lowest BCUT2D eigenvalue weighted by atomic mass is 10.1. The first-order chi connectivity index (χ1) is 7.41. The minimum absolute atomic E-state index is 0.0366. The van der Waals surface area contributed by atoms with Gasteiger partial charge in [0.15, 0.2) is 0 Å². The summed E-state index contributed by atoms with van der Waals surface area (Å²) in [6.07, 6.45) is 1.39. The summed E-state index contributed by atoms with van der Waals surface area (Å²) in [5, 5.41) is 13.7. The SMILES string of the molecule is CC(=O)N[C@H](Cc1c[nH]n(C)c1=O)C(=O)O. The summed E-state index contributed by atoms with van der Waals surface area (Å²) in [5.74, 6) is -1.61. The molecule has 7 nitrogen and oxygen atoms in total. The maximum absolute atomic E-state index is 11.4. The fraction of sp³-hybridized carbons (Fsp3) is 0.444. The van der Waals surface area contributed by atoms with Gasteiger partial charge in [0, 0.05) is 32.2 Å². The number of hydrogen-bond donors (Lipinski definition) is 3. The van der Waals surface area contributed by atoms with Crippen LogP contribution in [-0.2, 0) is 23.1 Å². The first-order valence-electron chi connectivity index (χ1n) is 4.65. The van der Waals surface area contributed by atoms with Gasteiger partial charge in [-0.1, -0.05) is 0 Å². The molecule has 3 N–H and O–H groups in total. The molecule has 1 atom stereocenters. The molecule has 0 aliphatic carbocycles. The van der Waals surface area contributed by atoms with Crippen LogP contribution >= 0.6 is 0 Å². The van der Waals surface area contributed by atoms with E-state index >= 15 is 0 Å². The van der Waals surface area contributed by atoms with Gasteiger partial charge >= 0.3 is 5.97 Å². The Morgan fingerprint density at radius 2 is 2.25 bits per heavy atom. The first-order valence-corrected chi connectivity index (χ1v) is 4.65. The summed E-state index contributed by atoms with van der Waals surface area (Å²) >= 11 is 0. The number of aromatic amines is 1. The highest BCUT2D eigenvalue weighted by Crippen LogP contribution is 1.97. The number of carbonyl (C=O) groups excluding carboxylic acids is 1. The highest BCUT2D eigenvalue weighted by molar-refractivity contribution is 5.82. The standard InChI is InChI=1S/C9H13N3O4/c1-5(13)11-7(9(15)16)3-6-4-10-12(2)8(6)14/h4,7,10H,3H2,1-2H3,(H,11,13)(H,15,16)/t7-/m1/s1. The van der Waals surface area contributed by atoms with E-state index in [1.807, 2.05) is 0 Å². The van der Waals surface area contributed by atoms with E-state index in [4.69, 9.17) is 5.11 Å². The van der Waals surface area contributed by atoms with Crippen LogP contribution in [0.1, 0.15) is 12.5 Å². The van der Waals surface area contributed by atoms with Crippen molar-refractivity contribution in [3.63, 3.8) is 0 Å². The number of nitrogens with zero attached hydrogens (tertiary/aromatic N) is 1. The molecular weight excluding hydrogens is 214 g/mol. The third kappa shape index (κ3) is 2.72. The summed E-state index contributed by atoms with van der Waals surface area (Å²) in [7, 11) is 1.53. The van der Waals surface area contributed by atoms with Gasteiger partial charge in [0.05, 0.1) is 0 Å². The molecule has 0 bridgehead atoms. The summed E-state index contributed by atoms with van der Waals surface area (Å²) in [6, 6.07) is -1.08. The number of H-pyrrole nitrogens is 1. The summed E-state index contributed by atoms with van der Waals surface area (Å²) < 4.78 is 1.24. The molecular formula is C9H13N3O4. The largest absolute Gasteiger partial charge is 0.480 e. The number of nitrogens with one attached hydrogen (secondary N) is 2. The van der Waals surface area contributed by atoms with Crippen molar-refractivity contribution in [3.8, 4) is 0 Å². The van der Waals surface area contributed by atoms with Crippen LogP contribution in [0.5, 0.6) is 0 Å². The number of rotatable bonds is 4. The second-order valence-electron chi connectivity index (χ2n) is 3.46. The molecule has 1 aromatic heterocycles. The van der Waals surface area contributed by atoms with Crippen LogP contribution in [0, 0.1) is 0 Å². The van der Waals surface area contributed by atoms with E-state index in [2.05, 4.69) is 10.4 Å². The Labute approximate surface area is 91.1 Å². The fourth-order valence-electron chi connectivity index (χ4n) is 1.32. The highest BCUT2D eigenvalue weighted by Gasteiger charge is 2.20. The second kappa shape index (κ2) is 4.65. The topological polar surface area (TPSA) is 104 Å². The van der Waals surface area contributed by atoms with E-state index < -0.39 is 17.9 Å². The number of carbonyl (C=O) groups is 2. The summed E-state index contributed by atoms with van der Waals surface area (Å²) in [6.45, 7) is 1.23. The molecule has 0 saturated carbocycles. The average molecular weight is 227 g/mol. The number of carboxylic acid groups (broad SMARTS) is 1. The van der Waals surface area contributed by atoms with E-state index in [0.29, 0.717) is 5.56 Å². The molecule has 0 unspecified atom stereocenters. The van der Waals surface area contributed by atoms with Gasteiger partial charge < -0.3 is 15.5 Å². The van der Waals surface area contributed by atoms with Crippen LogP contribution in [0.2, 0.25) is 0 Å². The van der Waals surface area contributed by atoms with Crippen LogP contribution < -0.4 is 10.9 Å². The molecule has 0 aromatic carbocycles. The van der Waals surface area contributed by atoms with Gasteiger partial charge in [0.1, 0.15) is 6.04 Å². The molecule has 7 heteroatoms. The maximum atomic E-state index is 11.4. The lowest BCUT2D eigenvalue weighted by Crippen LogP contribution is -2.42. The van der Waals surface area contributed by atoms with Crippen LogP contribution in [0.15, 0.2) is 11.0 Å². The quantitative estimate of drug-likeness (QED) is 0.603. The van der Waals surface area contributed by atoms with Gasteiger partial charge in [-0.25, -0.2) is 4.79 Å². The van der Waals surface area contributed by atoms with Crippen LogP contribution in [0.3, 0.4) is 0 Å². The van der Waals surface area contributed by atoms with E-state index in [0.717, 1.165) is 0 Å². The lowest BCUT2D eigenvalue weighted by Gasteiger charge is -2.11. The lowest BCUT2D eigenvalue weighted by molar-refractivity contribution is -0.141. The van der Waals surface area contributed by atoms with Gasteiger partial charge in [-0.05, 0) is 0 Å². The summed E-state index contributed by atoms with van der Waals surface area (Å²) in [4.78, 5) is 33.0. The van der Waals surface area contributed by atoms with E-state index in [9.17, 15) is 14.4 Å². The Balaban J connectivity index is 2.84. The molecule has 1 amide bonds.